The maximum atomic E-state index is 13.0. The normalized spacial score (nSPS) is 14.7. The summed E-state index contributed by atoms with van der Waals surface area (Å²) >= 11 is 6.17. The summed E-state index contributed by atoms with van der Waals surface area (Å²) in [6.07, 6.45) is 0.794. The molecule has 0 fully saturated rings. The van der Waals surface area contributed by atoms with E-state index in [9.17, 15) is 9.90 Å². The van der Waals surface area contributed by atoms with E-state index in [-0.39, 0.29) is 17.9 Å². The lowest BCUT2D eigenvalue weighted by Crippen LogP contribution is -2.38. The molecule has 0 radical (unpaired) electrons. The molecule has 2 aromatic rings. The average Bonchev–Trinajstić information content (AvgIpc) is 2.54. The quantitative estimate of drug-likeness (QED) is 0.881. The molecule has 1 amide bonds. The van der Waals surface area contributed by atoms with E-state index in [1.54, 1.807) is 11.0 Å². The van der Waals surface area contributed by atoms with Crippen molar-refractivity contribution in [2.45, 2.75) is 39.2 Å². The molecule has 0 aromatic heterocycles. The van der Waals surface area contributed by atoms with Crippen molar-refractivity contribution in [2.24, 2.45) is 0 Å². The highest BCUT2D eigenvalue weighted by Crippen LogP contribution is 2.33. The summed E-state index contributed by atoms with van der Waals surface area (Å²) in [7, 11) is 0. The molecule has 0 unspecified atom stereocenters. The second kappa shape index (κ2) is 6.23. The molecule has 2 aromatic carbocycles. The van der Waals surface area contributed by atoms with Crippen molar-refractivity contribution in [3.63, 3.8) is 0 Å². The zero-order valence-electron chi connectivity index (χ0n) is 14.3. The largest absolute Gasteiger partial charge is 0.392 e. The second-order valence-electron chi connectivity index (χ2n) is 7.22. The summed E-state index contributed by atoms with van der Waals surface area (Å²) in [6.45, 7) is 6.92. The Morgan fingerprint density at radius 3 is 2.62 bits per heavy atom. The molecule has 0 atom stereocenters. The van der Waals surface area contributed by atoms with Crippen molar-refractivity contribution in [1.82, 2.24) is 0 Å². The highest BCUT2D eigenvalue weighted by Gasteiger charge is 2.28. The summed E-state index contributed by atoms with van der Waals surface area (Å²) in [5.74, 6) is -0.0336. The van der Waals surface area contributed by atoms with E-state index in [1.165, 1.54) is 5.56 Å². The SMILES string of the molecule is CC(C)(C)c1ccc2c(c1)CCN(c1cccc(Cl)c1CO)C2=O. The number of carbonyl (C=O) groups excluding carboxylic acids is 1. The zero-order chi connectivity index (χ0) is 17.5. The molecule has 0 bridgehead atoms. The molecule has 3 rings (SSSR count). The number of nitrogens with zero attached hydrogens (tertiary/aromatic N) is 1. The van der Waals surface area contributed by atoms with Crippen LogP contribution in [0.15, 0.2) is 36.4 Å². The van der Waals surface area contributed by atoms with Crippen LogP contribution < -0.4 is 4.90 Å². The molecule has 3 nitrogen and oxygen atoms in total. The van der Waals surface area contributed by atoms with Gasteiger partial charge in [0.05, 0.1) is 12.3 Å². The molecule has 4 heteroatoms. The maximum absolute atomic E-state index is 13.0. The van der Waals surface area contributed by atoms with Gasteiger partial charge in [0.25, 0.3) is 5.91 Å². The van der Waals surface area contributed by atoms with E-state index >= 15 is 0 Å². The van der Waals surface area contributed by atoms with E-state index in [1.807, 2.05) is 24.3 Å². The van der Waals surface area contributed by atoms with E-state index in [0.717, 1.165) is 17.5 Å². The number of hydrogen-bond donors (Lipinski definition) is 1. The fraction of sp³-hybridized carbons (Fsp3) is 0.350. The van der Waals surface area contributed by atoms with Gasteiger partial charge in [-0.25, -0.2) is 0 Å². The van der Waals surface area contributed by atoms with Crippen LogP contribution in [0.4, 0.5) is 5.69 Å². The predicted molar refractivity (Wildman–Crippen MR) is 97.9 cm³/mol. The first kappa shape index (κ1) is 17.0. The van der Waals surface area contributed by atoms with Crippen LogP contribution in [0.2, 0.25) is 5.02 Å². The van der Waals surface area contributed by atoms with Crippen LogP contribution in [-0.4, -0.2) is 17.6 Å². The smallest absolute Gasteiger partial charge is 0.258 e. The van der Waals surface area contributed by atoms with Gasteiger partial charge in [0.15, 0.2) is 0 Å². The Labute approximate surface area is 147 Å². The number of aliphatic hydroxyl groups excluding tert-OH is 1. The number of hydrogen-bond acceptors (Lipinski definition) is 2. The molecule has 0 aliphatic carbocycles. The maximum Gasteiger partial charge on any atom is 0.258 e. The van der Waals surface area contributed by atoms with Gasteiger partial charge in [-0.15, -0.1) is 0 Å². The lowest BCUT2D eigenvalue weighted by atomic mass is 9.84. The van der Waals surface area contributed by atoms with Crippen LogP contribution in [0.5, 0.6) is 0 Å². The first-order valence-corrected chi connectivity index (χ1v) is 8.54. The van der Waals surface area contributed by atoms with Gasteiger partial charge >= 0.3 is 0 Å². The number of fused-ring (bicyclic) bond motifs is 1. The lowest BCUT2D eigenvalue weighted by molar-refractivity contribution is 0.0980. The van der Waals surface area contributed by atoms with Gasteiger partial charge in [0, 0.05) is 22.7 Å². The third-order valence-electron chi connectivity index (χ3n) is 4.59. The van der Waals surface area contributed by atoms with Crippen LogP contribution in [0.25, 0.3) is 0 Å². The monoisotopic (exact) mass is 343 g/mol. The van der Waals surface area contributed by atoms with Gasteiger partial charge in [-0.2, -0.15) is 0 Å². The van der Waals surface area contributed by atoms with E-state index < -0.39 is 0 Å². The topological polar surface area (TPSA) is 40.5 Å². The van der Waals surface area contributed by atoms with E-state index in [2.05, 4.69) is 26.8 Å². The Morgan fingerprint density at radius 2 is 1.96 bits per heavy atom. The summed E-state index contributed by atoms with van der Waals surface area (Å²) in [4.78, 5) is 14.7. The Morgan fingerprint density at radius 1 is 1.21 bits per heavy atom. The van der Waals surface area contributed by atoms with Crippen LogP contribution in [0.1, 0.15) is 47.8 Å². The zero-order valence-corrected chi connectivity index (χ0v) is 15.0. The fourth-order valence-corrected chi connectivity index (χ4v) is 3.37. The van der Waals surface area contributed by atoms with Gasteiger partial charge < -0.3 is 10.0 Å². The van der Waals surface area contributed by atoms with Gasteiger partial charge in [-0.3, -0.25) is 4.79 Å². The molecule has 0 saturated heterocycles. The highest BCUT2D eigenvalue weighted by molar-refractivity contribution is 6.32. The number of benzene rings is 2. The van der Waals surface area contributed by atoms with Crippen LogP contribution in [0, 0.1) is 0 Å². The number of rotatable bonds is 2. The molecular weight excluding hydrogens is 322 g/mol. The molecule has 24 heavy (non-hydrogen) atoms. The number of anilines is 1. The first-order chi connectivity index (χ1) is 11.3. The van der Waals surface area contributed by atoms with Crippen molar-refractivity contribution in [2.75, 3.05) is 11.4 Å². The second-order valence-corrected chi connectivity index (χ2v) is 7.63. The first-order valence-electron chi connectivity index (χ1n) is 8.16. The third-order valence-corrected chi connectivity index (χ3v) is 4.95. The van der Waals surface area contributed by atoms with Crippen molar-refractivity contribution < 1.29 is 9.90 Å². The molecule has 1 aliphatic rings. The van der Waals surface area contributed by atoms with Crippen molar-refractivity contribution >= 4 is 23.2 Å². The number of aliphatic hydroxyl groups is 1. The highest BCUT2D eigenvalue weighted by atomic mass is 35.5. The summed E-state index contributed by atoms with van der Waals surface area (Å²) in [6, 6.07) is 11.5. The van der Waals surface area contributed by atoms with E-state index in [0.29, 0.717) is 22.8 Å². The minimum absolute atomic E-state index is 0.0336. The lowest BCUT2D eigenvalue weighted by Gasteiger charge is -2.31. The van der Waals surface area contributed by atoms with Crippen LogP contribution in [0.3, 0.4) is 0 Å². The molecule has 0 saturated carbocycles. The standard InChI is InChI=1S/C20H22ClNO2/c1-20(2,3)14-7-8-15-13(11-14)9-10-22(19(15)24)18-6-4-5-17(21)16(18)12-23/h4-8,11,23H,9-10,12H2,1-3H3. The number of amides is 1. The summed E-state index contributed by atoms with van der Waals surface area (Å²) in [5, 5.41) is 10.1. The van der Waals surface area contributed by atoms with Crippen molar-refractivity contribution in [3.05, 3.63) is 63.7 Å². The van der Waals surface area contributed by atoms with E-state index in [4.69, 9.17) is 11.6 Å². The van der Waals surface area contributed by atoms with Gasteiger partial charge in [0.2, 0.25) is 0 Å². The van der Waals surface area contributed by atoms with Gasteiger partial charge in [0.1, 0.15) is 0 Å². The molecule has 0 spiro atoms. The molecule has 1 heterocycles. The molecule has 1 N–H and O–H groups in total. The van der Waals surface area contributed by atoms with Gasteiger partial charge in [-0.1, -0.05) is 50.6 Å². The Hall–Kier alpha value is -1.84. The fourth-order valence-electron chi connectivity index (χ4n) is 3.14. The van der Waals surface area contributed by atoms with Gasteiger partial charge in [-0.05, 0) is 41.2 Å². The molecule has 1 aliphatic heterocycles. The van der Waals surface area contributed by atoms with Crippen LogP contribution in [-0.2, 0) is 18.4 Å². The minimum atomic E-state index is -0.186. The number of carbonyl (C=O) groups is 1. The minimum Gasteiger partial charge on any atom is -0.392 e. The Kier molecular flexibility index (Phi) is 4.41. The molecule has 126 valence electrons. The van der Waals surface area contributed by atoms with Crippen LogP contribution >= 0.6 is 11.6 Å². The summed E-state index contributed by atoms with van der Waals surface area (Å²) < 4.78 is 0. The van der Waals surface area contributed by atoms with Crippen molar-refractivity contribution in [3.8, 4) is 0 Å². The predicted octanol–water partition coefficient (Wildman–Crippen LogP) is 4.33. The number of halogens is 1. The molecular formula is C20H22ClNO2. The summed E-state index contributed by atoms with van der Waals surface area (Å²) in [5.41, 5.74) is 4.42. The Balaban J connectivity index is 2.01. The average molecular weight is 344 g/mol. The third kappa shape index (κ3) is 2.94. The van der Waals surface area contributed by atoms with Crippen molar-refractivity contribution in [1.29, 1.82) is 0 Å². The Bertz CT molecular complexity index is 793.